The van der Waals surface area contributed by atoms with Crippen LogP contribution in [-0.4, -0.2) is 29.0 Å². The molecule has 0 atom stereocenters. The van der Waals surface area contributed by atoms with Crippen LogP contribution in [0.1, 0.15) is 37.0 Å². The van der Waals surface area contributed by atoms with Crippen molar-refractivity contribution in [3.63, 3.8) is 0 Å². The van der Waals surface area contributed by atoms with E-state index in [2.05, 4.69) is 13.8 Å². The molecule has 1 aliphatic rings. The average Bonchev–Trinajstić information content (AvgIpc) is 2.30. The molecule has 0 unspecified atom stereocenters. The van der Waals surface area contributed by atoms with Crippen LogP contribution in [-0.2, 0) is 0 Å². The Kier molecular flexibility index (Phi) is 3.20. The lowest BCUT2D eigenvalue weighted by molar-refractivity contribution is 0.0583. The van der Waals surface area contributed by atoms with Crippen LogP contribution in [0.25, 0.3) is 0 Å². The van der Waals surface area contributed by atoms with E-state index in [1.54, 1.807) is 12.1 Å². The summed E-state index contributed by atoms with van der Waals surface area (Å²) in [4.78, 5) is 14.2. The molecule has 1 amide bonds. The quantitative estimate of drug-likeness (QED) is 0.591. The summed E-state index contributed by atoms with van der Waals surface area (Å²) in [6, 6.07) is 4.68. The number of rotatable bonds is 1. The third-order valence-corrected chi connectivity index (χ3v) is 3.47. The van der Waals surface area contributed by atoms with E-state index in [1.807, 2.05) is 4.90 Å². The number of hydrogen-bond donors (Lipinski definition) is 2. The van der Waals surface area contributed by atoms with Gasteiger partial charge < -0.3 is 15.7 Å². The zero-order valence-electron chi connectivity index (χ0n) is 10.9. The second kappa shape index (κ2) is 4.52. The highest BCUT2D eigenvalue weighted by Crippen LogP contribution is 2.30. The number of carbonyl (C=O) groups excluding carboxylic acids is 1. The van der Waals surface area contributed by atoms with Crippen LogP contribution in [0, 0.1) is 5.41 Å². The Morgan fingerprint density at radius 1 is 1.44 bits per heavy atom. The molecule has 1 fully saturated rings. The predicted octanol–water partition coefficient (Wildman–Crippen LogP) is 2.24. The monoisotopic (exact) mass is 248 g/mol. The van der Waals surface area contributed by atoms with Crippen molar-refractivity contribution in [2.24, 2.45) is 5.41 Å². The van der Waals surface area contributed by atoms with Gasteiger partial charge in [-0.3, -0.25) is 4.79 Å². The molecule has 4 nitrogen and oxygen atoms in total. The summed E-state index contributed by atoms with van der Waals surface area (Å²) in [7, 11) is 0. The van der Waals surface area contributed by atoms with Crippen molar-refractivity contribution in [2.75, 3.05) is 18.8 Å². The van der Waals surface area contributed by atoms with E-state index in [9.17, 15) is 9.90 Å². The van der Waals surface area contributed by atoms with E-state index >= 15 is 0 Å². The van der Waals surface area contributed by atoms with E-state index in [1.165, 1.54) is 6.07 Å². The average molecular weight is 248 g/mol. The van der Waals surface area contributed by atoms with Gasteiger partial charge in [-0.1, -0.05) is 13.8 Å². The molecule has 0 saturated carbocycles. The van der Waals surface area contributed by atoms with Crippen LogP contribution in [0.2, 0.25) is 0 Å². The molecule has 2 rings (SSSR count). The second-order valence-electron chi connectivity index (χ2n) is 5.77. The van der Waals surface area contributed by atoms with Crippen LogP contribution in [0.3, 0.4) is 0 Å². The molecular formula is C14H20N2O2. The van der Waals surface area contributed by atoms with Crippen molar-refractivity contribution in [1.82, 2.24) is 4.90 Å². The van der Waals surface area contributed by atoms with E-state index < -0.39 is 0 Å². The molecule has 3 N–H and O–H groups in total. The fraction of sp³-hybridized carbons (Fsp3) is 0.500. The molecule has 1 aromatic rings. The first-order chi connectivity index (χ1) is 8.39. The molecule has 0 aliphatic carbocycles. The van der Waals surface area contributed by atoms with Gasteiger partial charge in [-0.15, -0.1) is 0 Å². The molecule has 1 heterocycles. The molecule has 0 radical (unpaired) electrons. The number of phenols is 1. The smallest absolute Gasteiger partial charge is 0.254 e. The number of carbonyl (C=O) groups is 1. The number of piperidine rings is 1. The number of likely N-dealkylation sites (tertiary alicyclic amines) is 1. The molecule has 1 aromatic carbocycles. The first-order valence-electron chi connectivity index (χ1n) is 6.27. The van der Waals surface area contributed by atoms with Crippen LogP contribution in [0.15, 0.2) is 18.2 Å². The van der Waals surface area contributed by atoms with Gasteiger partial charge in [0, 0.05) is 18.7 Å². The van der Waals surface area contributed by atoms with Crippen molar-refractivity contribution < 1.29 is 9.90 Å². The van der Waals surface area contributed by atoms with E-state index in [0.29, 0.717) is 11.3 Å². The normalized spacial score (nSPS) is 18.7. The number of nitrogen functional groups attached to an aromatic ring is 1. The molecule has 4 heteroatoms. The van der Waals surface area contributed by atoms with Crippen LogP contribution in [0.5, 0.6) is 5.75 Å². The lowest BCUT2D eigenvalue weighted by Crippen LogP contribution is -2.43. The van der Waals surface area contributed by atoms with Crippen molar-refractivity contribution >= 4 is 11.6 Å². The minimum Gasteiger partial charge on any atom is -0.506 e. The van der Waals surface area contributed by atoms with Gasteiger partial charge >= 0.3 is 0 Å². The van der Waals surface area contributed by atoms with Crippen LogP contribution >= 0.6 is 0 Å². The number of aromatic hydroxyl groups is 1. The highest BCUT2D eigenvalue weighted by molar-refractivity contribution is 5.95. The Balaban J connectivity index is 2.18. The summed E-state index contributed by atoms with van der Waals surface area (Å²) in [5.41, 5.74) is 6.50. The summed E-state index contributed by atoms with van der Waals surface area (Å²) in [6.07, 6.45) is 2.17. The van der Waals surface area contributed by atoms with Crippen molar-refractivity contribution in [3.05, 3.63) is 23.8 Å². The lowest BCUT2D eigenvalue weighted by Gasteiger charge is -2.38. The van der Waals surface area contributed by atoms with Gasteiger partial charge in [0.1, 0.15) is 5.75 Å². The Labute approximate surface area is 107 Å². The van der Waals surface area contributed by atoms with Gasteiger partial charge in [0.05, 0.1) is 5.69 Å². The van der Waals surface area contributed by atoms with Crippen molar-refractivity contribution in [1.29, 1.82) is 0 Å². The minimum atomic E-state index is -0.0304. The van der Waals surface area contributed by atoms with Gasteiger partial charge in [0.25, 0.3) is 5.91 Å². The van der Waals surface area contributed by atoms with Crippen LogP contribution < -0.4 is 5.73 Å². The third kappa shape index (κ3) is 2.58. The van der Waals surface area contributed by atoms with Gasteiger partial charge in [0.2, 0.25) is 0 Å². The van der Waals surface area contributed by atoms with E-state index in [0.717, 1.165) is 25.9 Å². The van der Waals surface area contributed by atoms with Gasteiger partial charge in [0.15, 0.2) is 0 Å². The van der Waals surface area contributed by atoms with Crippen LogP contribution in [0.4, 0.5) is 5.69 Å². The first kappa shape index (κ1) is 12.7. The maximum absolute atomic E-state index is 12.3. The van der Waals surface area contributed by atoms with Gasteiger partial charge in [-0.25, -0.2) is 0 Å². The first-order valence-corrected chi connectivity index (χ1v) is 6.27. The van der Waals surface area contributed by atoms with Crippen molar-refractivity contribution in [3.8, 4) is 5.75 Å². The van der Waals surface area contributed by atoms with E-state index in [-0.39, 0.29) is 17.1 Å². The largest absolute Gasteiger partial charge is 0.506 e. The number of anilines is 1. The fourth-order valence-corrected chi connectivity index (χ4v) is 2.46. The third-order valence-electron chi connectivity index (χ3n) is 3.47. The number of hydrogen-bond acceptors (Lipinski definition) is 3. The second-order valence-corrected chi connectivity index (χ2v) is 5.77. The predicted molar refractivity (Wildman–Crippen MR) is 71.4 cm³/mol. The highest BCUT2D eigenvalue weighted by Gasteiger charge is 2.29. The Morgan fingerprint density at radius 3 is 2.78 bits per heavy atom. The fourth-order valence-electron chi connectivity index (χ4n) is 2.46. The Bertz CT molecular complexity index is 469. The molecule has 0 spiro atoms. The maximum Gasteiger partial charge on any atom is 0.254 e. The number of nitrogens with two attached hydrogens (primary N) is 1. The summed E-state index contributed by atoms with van der Waals surface area (Å²) >= 11 is 0. The number of phenolic OH excluding ortho intramolecular Hbond substituents is 1. The molecule has 98 valence electrons. The summed E-state index contributed by atoms with van der Waals surface area (Å²) < 4.78 is 0. The SMILES string of the molecule is CC1(C)CCCN(C(=O)c2ccc(N)c(O)c2)C1. The lowest BCUT2D eigenvalue weighted by atomic mass is 9.84. The minimum absolute atomic E-state index is 0.0296. The number of nitrogens with zero attached hydrogens (tertiary/aromatic N) is 1. The molecule has 0 bridgehead atoms. The van der Waals surface area contributed by atoms with Gasteiger partial charge in [-0.05, 0) is 36.5 Å². The molecule has 1 saturated heterocycles. The molecule has 0 aromatic heterocycles. The zero-order chi connectivity index (χ0) is 13.3. The van der Waals surface area contributed by atoms with E-state index in [4.69, 9.17) is 5.73 Å². The van der Waals surface area contributed by atoms with Crippen molar-refractivity contribution in [2.45, 2.75) is 26.7 Å². The summed E-state index contributed by atoms with van der Waals surface area (Å²) in [6.45, 7) is 5.89. The maximum atomic E-state index is 12.3. The molecule has 1 aliphatic heterocycles. The molecule has 18 heavy (non-hydrogen) atoms. The number of benzene rings is 1. The zero-order valence-corrected chi connectivity index (χ0v) is 10.9. The number of amides is 1. The Hall–Kier alpha value is -1.71. The van der Waals surface area contributed by atoms with Gasteiger partial charge in [-0.2, -0.15) is 0 Å². The summed E-state index contributed by atoms with van der Waals surface area (Å²) in [5.74, 6) is -0.0600. The molecular weight excluding hydrogens is 228 g/mol. The Morgan fingerprint density at radius 2 is 2.17 bits per heavy atom. The standard InChI is InChI=1S/C14H20N2O2/c1-14(2)6-3-7-16(9-14)13(18)10-4-5-11(15)12(17)8-10/h4-5,8,17H,3,6-7,9,15H2,1-2H3. The highest BCUT2D eigenvalue weighted by atomic mass is 16.3. The summed E-state index contributed by atoms with van der Waals surface area (Å²) in [5, 5.41) is 9.55. The topological polar surface area (TPSA) is 66.6 Å².